The Morgan fingerprint density at radius 1 is 1.28 bits per heavy atom. The number of nitrogens with zero attached hydrogens (tertiary/aromatic N) is 1. The summed E-state index contributed by atoms with van der Waals surface area (Å²) in [7, 11) is 0. The first-order chi connectivity index (χ1) is 8.64. The first-order valence-corrected chi connectivity index (χ1v) is 7.65. The molecule has 96 valence electrons. The fraction of sp³-hybridized carbons (Fsp3) is 0.857. The molecule has 0 radical (unpaired) electrons. The number of rotatable bonds is 2. The Labute approximate surface area is 113 Å². The summed E-state index contributed by atoms with van der Waals surface area (Å²) in [5, 5.41) is 4.82. The topological polar surface area (TPSA) is 50.4 Å². The van der Waals surface area contributed by atoms with E-state index in [-0.39, 0.29) is 0 Å². The fourth-order valence-electron chi connectivity index (χ4n) is 7.50. The highest BCUT2D eigenvalue weighted by molar-refractivity contribution is 7.80. The Balaban J connectivity index is 1.59. The Morgan fingerprint density at radius 3 is 2.83 bits per heavy atom. The van der Waals surface area contributed by atoms with Crippen LogP contribution in [0, 0.1) is 46.8 Å². The van der Waals surface area contributed by atoms with Crippen molar-refractivity contribution in [1.29, 1.82) is 0 Å². The van der Waals surface area contributed by atoms with Gasteiger partial charge in [-0.3, -0.25) is 5.43 Å². The van der Waals surface area contributed by atoms with Gasteiger partial charge in [0.15, 0.2) is 5.11 Å². The normalized spacial score (nSPS) is 61.4. The van der Waals surface area contributed by atoms with Gasteiger partial charge in [0.05, 0.1) is 0 Å². The van der Waals surface area contributed by atoms with Crippen LogP contribution in [-0.2, 0) is 0 Å². The molecule has 8 unspecified atom stereocenters. The van der Waals surface area contributed by atoms with Gasteiger partial charge >= 0.3 is 0 Å². The number of nitrogens with two attached hydrogens (primary N) is 1. The maximum atomic E-state index is 5.50. The van der Waals surface area contributed by atoms with Crippen LogP contribution in [0.15, 0.2) is 5.10 Å². The van der Waals surface area contributed by atoms with Crippen molar-refractivity contribution >= 4 is 23.0 Å². The van der Waals surface area contributed by atoms with Gasteiger partial charge in [0.25, 0.3) is 0 Å². The van der Waals surface area contributed by atoms with E-state index in [0.29, 0.717) is 10.5 Å². The minimum absolute atomic E-state index is 0.292. The minimum Gasteiger partial charge on any atom is -0.375 e. The zero-order valence-corrected chi connectivity index (χ0v) is 11.4. The van der Waals surface area contributed by atoms with Crippen molar-refractivity contribution in [2.75, 3.05) is 0 Å². The number of nitrogens with one attached hydrogen (secondary N) is 1. The maximum absolute atomic E-state index is 5.50. The van der Waals surface area contributed by atoms with Gasteiger partial charge < -0.3 is 5.73 Å². The van der Waals surface area contributed by atoms with Crippen molar-refractivity contribution in [3.8, 4) is 0 Å². The third kappa shape index (κ3) is 0.789. The van der Waals surface area contributed by atoms with E-state index < -0.39 is 0 Å². The lowest BCUT2D eigenvalue weighted by molar-refractivity contribution is 0.101. The second-order valence-electron chi connectivity index (χ2n) is 7.25. The fourth-order valence-corrected chi connectivity index (χ4v) is 7.55. The summed E-state index contributed by atoms with van der Waals surface area (Å²) in [6.45, 7) is 2.21. The van der Waals surface area contributed by atoms with Crippen LogP contribution in [0.3, 0.4) is 0 Å². The SMILES string of the molecule is CC(=NNC(N)=S)C12CC3C4CC5C(CC1C35)C42. The summed E-state index contributed by atoms with van der Waals surface area (Å²) in [6.07, 6.45) is 4.45. The van der Waals surface area contributed by atoms with Gasteiger partial charge in [0.1, 0.15) is 0 Å². The molecule has 0 aliphatic heterocycles. The number of hydrogen-bond donors (Lipinski definition) is 2. The Bertz CT molecular complexity index is 499. The number of hydrogen-bond acceptors (Lipinski definition) is 2. The summed E-state index contributed by atoms with van der Waals surface area (Å²) in [4.78, 5) is 0. The average Bonchev–Trinajstić information content (AvgIpc) is 2.98. The molecule has 3 N–H and O–H groups in total. The lowest BCUT2D eigenvalue weighted by Crippen LogP contribution is -2.43. The van der Waals surface area contributed by atoms with Crippen LogP contribution in [0.4, 0.5) is 0 Å². The van der Waals surface area contributed by atoms with Gasteiger partial charge in [-0.25, -0.2) is 0 Å². The molecular formula is C14H19N3S. The van der Waals surface area contributed by atoms with E-state index in [4.69, 9.17) is 18.0 Å². The van der Waals surface area contributed by atoms with Crippen molar-refractivity contribution in [2.24, 2.45) is 57.7 Å². The first kappa shape index (κ1) is 10.2. The molecule has 0 aromatic rings. The minimum atomic E-state index is 0.292. The highest BCUT2D eigenvalue weighted by atomic mass is 32.1. The lowest BCUT2D eigenvalue weighted by atomic mass is 9.62. The Hall–Kier alpha value is -0.640. The van der Waals surface area contributed by atoms with E-state index in [1.54, 1.807) is 6.42 Å². The van der Waals surface area contributed by atoms with E-state index in [1.807, 2.05) is 0 Å². The molecule has 0 saturated heterocycles. The monoisotopic (exact) mass is 261 g/mol. The molecule has 6 fully saturated rings. The second-order valence-corrected chi connectivity index (χ2v) is 7.69. The van der Waals surface area contributed by atoms with Gasteiger partial charge in [-0.2, -0.15) is 5.10 Å². The van der Waals surface area contributed by atoms with Crippen LogP contribution >= 0.6 is 12.2 Å². The van der Waals surface area contributed by atoms with Crippen LogP contribution in [0.25, 0.3) is 0 Å². The largest absolute Gasteiger partial charge is 0.375 e. The summed E-state index contributed by atoms with van der Waals surface area (Å²) in [6, 6.07) is 0. The van der Waals surface area contributed by atoms with Crippen LogP contribution in [0.1, 0.15) is 26.2 Å². The molecule has 0 spiro atoms. The number of thiocarbonyl (C=S) groups is 1. The Kier molecular flexibility index (Phi) is 1.56. The summed E-state index contributed by atoms with van der Waals surface area (Å²) in [5.74, 6) is 7.18. The van der Waals surface area contributed by atoms with Gasteiger partial charge in [-0.1, -0.05) is 0 Å². The van der Waals surface area contributed by atoms with Gasteiger partial charge in [0.2, 0.25) is 0 Å². The van der Waals surface area contributed by atoms with Crippen LogP contribution < -0.4 is 11.2 Å². The van der Waals surface area contributed by atoms with Gasteiger partial charge in [-0.15, -0.1) is 0 Å². The van der Waals surface area contributed by atoms with Crippen molar-refractivity contribution in [3.63, 3.8) is 0 Å². The molecule has 0 heterocycles. The van der Waals surface area contributed by atoms with Gasteiger partial charge in [-0.05, 0) is 79.8 Å². The van der Waals surface area contributed by atoms with Crippen LogP contribution in [0.5, 0.6) is 0 Å². The van der Waals surface area contributed by atoms with Gasteiger partial charge in [0, 0.05) is 11.1 Å². The molecule has 6 aliphatic carbocycles. The predicted molar refractivity (Wildman–Crippen MR) is 73.7 cm³/mol. The molecule has 6 aliphatic rings. The van der Waals surface area contributed by atoms with Crippen molar-refractivity contribution in [1.82, 2.24) is 5.43 Å². The molecule has 0 aromatic heterocycles. The van der Waals surface area contributed by atoms with Crippen LogP contribution in [-0.4, -0.2) is 10.8 Å². The van der Waals surface area contributed by atoms with E-state index in [0.717, 1.165) is 41.4 Å². The molecular weight excluding hydrogens is 242 g/mol. The highest BCUT2D eigenvalue weighted by Gasteiger charge is 2.83. The molecule has 4 heteroatoms. The summed E-state index contributed by atoms with van der Waals surface area (Å²) in [5.41, 5.74) is 10.1. The van der Waals surface area contributed by atoms with Crippen LogP contribution in [0.2, 0.25) is 0 Å². The van der Waals surface area contributed by atoms with E-state index in [9.17, 15) is 0 Å². The smallest absolute Gasteiger partial charge is 0.184 e. The molecule has 6 saturated carbocycles. The molecule has 8 atom stereocenters. The summed E-state index contributed by atoms with van der Waals surface area (Å²) >= 11 is 4.87. The lowest BCUT2D eigenvalue weighted by Gasteiger charge is -2.42. The van der Waals surface area contributed by atoms with Crippen molar-refractivity contribution < 1.29 is 0 Å². The zero-order chi connectivity index (χ0) is 12.2. The summed E-state index contributed by atoms with van der Waals surface area (Å²) < 4.78 is 0. The second kappa shape index (κ2) is 2.77. The average molecular weight is 261 g/mol. The standard InChI is InChI=1S/C14H19N3S/c1-5(16-17-13(15)18)14-4-9-7-2-6-8(12(7)14)3-10(14)11(6)9/h6-12H,2-4H2,1H3,(H3,15,17,18). The molecule has 0 aromatic carbocycles. The third-order valence-corrected chi connectivity index (χ3v) is 7.47. The predicted octanol–water partition coefficient (Wildman–Crippen LogP) is 1.73. The molecule has 3 nitrogen and oxygen atoms in total. The highest BCUT2D eigenvalue weighted by Crippen LogP contribution is 2.87. The van der Waals surface area contributed by atoms with Crippen molar-refractivity contribution in [3.05, 3.63) is 0 Å². The molecule has 18 heavy (non-hydrogen) atoms. The molecule has 6 rings (SSSR count). The quantitative estimate of drug-likeness (QED) is 0.452. The maximum Gasteiger partial charge on any atom is 0.184 e. The third-order valence-electron chi connectivity index (χ3n) is 7.38. The van der Waals surface area contributed by atoms with Crippen molar-refractivity contribution in [2.45, 2.75) is 26.2 Å². The first-order valence-electron chi connectivity index (χ1n) is 7.25. The van der Waals surface area contributed by atoms with E-state index >= 15 is 0 Å². The Morgan fingerprint density at radius 2 is 2.06 bits per heavy atom. The molecule has 0 amide bonds. The number of hydrazone groups is 1. The molecule has 6 bridgehead atoms. The van der Waals surface area contributed by atoms with E-state index in [2.05, 4.69) is 17.5 Å². The van der Waals surface area contributed by atoms with E-state index in [1.165, 1.54) is 18.6 Å². The zero-order valence-electron chi connectivity index (χ0n) is 10.6.